The Kier molecular flexibility index (Phi) is 4.58. The van der Waals surface area contributed by atoms with Crippen molar-refractivity contribution >= 4 is 5.91 Å². The Labute approximate surface area is 126 Å². The molecule has 0 saturated carbocycles. The molecule has 0 aromatic carbocycles. The van der Waals surface area contributed by atoms with Gasteiger partial charge in [-0.05, 0) is 31.1 Å². The first kappa shape index (κ1) is 14.6. The van der Waals surface area contributed by atoms with Gasteiger partial charge in [0, 0.05) is 51.0 Å². The first-order chi connectivity index (χ1) is 10.2. The van der Waals surface area contributed by atoms with Gasteiger partial charge < -0.3 is 14.6 Å². The molecule has 1 amide bonds. The molecule has 1 aromatic rings. The number of hydrogen-bond acceptors (Lipinski definition) is 3. The molecule has 0 bridgehead atoms. The average molecular weight is 291 g/mol. The summed E-state index contributed by atoms with van der Waals surface area (Å²) in [5.74, 6) is 2.48. The van der Waals surface area contributed by atoms with Crippen LogP contribution in [0.25, 0.3) is 0 Å². The molecule has 1 N–H and O–H groups in total. The predicted molar refractivity (Wildman–Crippen MR) is 79.8 cm³/mol. The van der Waals surface area contributed by atoms with Crippen LogP contribution in [0.3, 0.4) is 0 Å². The van der Waals surface area contributed by atoms with Crippen LogP contribution in [-0.2, 0) is 22.5 Å². The molecule has 1 aromatic heterocycles. The minimum atomic E-state index is 0.0984. The number of nitrogens with one attached hydrogen (secondary N) is 1. The van der Waals surface area contributed by atoms with Crippen LogP contribution in [0.1, 0.15) is 32.0 Å². The summed E-state index contributed by atoms with van der Waals surface area (Å²) in [5.41, 5.74) is 0. The average Bonchev–Trinajstić information content (AvgIpc) is 3.00. The van der Waals surface area contributed by atoms with Gasteiger partial charge in [0.25, 0.3) is 0 Å². The highest BCUT2D eigenvalue weighted by molar-refractivity contribution is 5.78. The van der Waals surface area contributed by atoms with E-state index in [0.717, 1.165) is 52.0 Å². The second kappa shape index (κ2) is 6.60. The van der Waals surface area contributed by atoms with Crippen LogP contribution in [0.15, 0.2) is 12.4 Å². The first-order valence-corrected chi connectivity index (χ1v) is 8.09. The van der Waals surface area contributed by atoms with E-state index in [4.69, 9.17) is 4.74 Å². The molecular formula is C16H25N3O2. The Morgan fingerprint density at radius 3 is 3.10 bits per heavy atom. The SMILES string of the molecule is C[C@H](C(=O)NC[C@H]1CCc2nccn2C1)C1CCOCC1. The number of rotatable bonds is 4. The molecule has 2 aliphatic heterocycles. The zero-order chi connectivity index (χ0) is 14.7. The fourth-order valence-electron chi connectivity index (χ4n) is 3.44. The van der Waals surface area contributed by atoms with Gasteiger partial charge in [-0.25, -0.2) is 4.98 Å². The van der Waals surface area contributed by atoms with Gasteiger partial charge in [-0.15, -0.1) is 0 Å². The van der Waals surface area contributed by atoms with Crippen molar-refractivity contribution in [3.63, 3.8) is 0 Å². The summed E-state index contributed by atoms with van der Waals surface area (Å²) in [6.45, 7) is 5.41. The number of hydrogen-bond donors (Lipinski definition) is 1. The quantitative estimate of drug-likeness (QED) is 0.917. The van der Waals surface area contributed by atoms with Gasteiger partial charge in [-0.1, -0.05) is 6.92 Å². The lowest BCUT2D eigenvalue weighted by Gasteiger charge is -2.28. The number of carbonyl (C=O) groups excluding carboxylic acids is 1. The lowest BCUT2D eigenvalue weighted by Crippen LogP contribution is -2.39. The van der Waals surface area contributed by atoms with Crippen LogP contribution in [0.4, 0.5) is 0 Å². The van der Waals surface area contributed by atoms with Crippen LogP contribution in [0, 0.1) is 17.8 Å². The molecule has 116 valence electrons. The normalized spacial score (nSPS) is 24.3. The zero-order valence-electron chi connectivity index (χ0n) is 12.8. The number of imidazole rings is 1. The van der Waals surface area contributed by atoms with Crippen molar-refractivity contribution in [2.45, 2.75) is 39.2 Å². The Morgan fingerprint density at radius 2 is 2.29 bits per heavy atom. The topological polar surface area (TPSA) is 56.2 Å². The summed E-state index contributed by atoms with van der Waals surface area (Å²) in [6, 6.07) is 0. The summed E-state index contributed by atoms with van der Waals surface area (Å²) in [5, 5.41) is 3.16. The van der Waals surface area contributed by atoms with Gasteiger partial charge in [0.15, 0.2) is 0 Å². The van der Waals surface area contributed by atoms with Crippen LogP contribution >= 0.6 is 0 Å². The standard InChI is InChI=1S/C16H25N3O2/c1-12(14-4-8-21-9-5-14)16(20)18-10-13-2-3-15-17-6-7-19(15)11-13/h6-7,12-14H,2-5,8-11H2,1H3,(H,18,20)/t12-,13+/m0/s1. The van der Waals surface area contributed by atoms with Gasteiger partial charge >= 0.3 is 0 Å². The van der Waals surface area contributed by atoms with E-state index < -0.39 is 0 Å². The largest absolute Gasteiger partial charge is 0.381 e. The van der Waals surface area contributed by atoms with E-state index in [-0.39, 0.29) is 11.8 Å². The molecular weight excluding hydrogens is 266 g/mol. The third-order valence-corrected chi connectivity index (χ3v) is 4.98. The van der Waals surface area contributed by atoms with E-state index in [0.29, 0.717) is 11.8 Å². The number of carbonyl (C=O) groups is 1. The highest BCUT2D eigenvalue weighted by atomic mass is 16.5. The maximum Gasteiger partial charge on any atom is 0.223 e. The molecule has 1 fully saturated rings. The summed E-state index contributed by atoms with van der Waals surface area (Å²) in [6.07, 6.45) is 8.05. The van der Waals surface area contributed by atoms with E-state index >= 15 is 0 Å². The van der Waals surface area contributed by atoms with E-state index in [9.17, 15) is 4.79 Å². The fourth-order valence-corrected chi connectivity index (χ4v) is 3.44. The molecule has 0 unspecified atom stereocenters. The highest BCUT2D eigenvalue weighted by Gasteiger charge is 2.27. The highest BCUT2D eigenvalue weighted by Crippen LogP contribution is 2.24. The van der Waals surface area contributed by atoms with E-state index in [1.165, 1.54) is 5.82 Å². The Morgan fingerprint density at radius 1 is 1.48 bits per heavy atom. The van der Waals surface area contributed by atoms with Gasteiger partial charge in [0.05, 0.1) is 0 Å². The third-order valence-electron chi connectivity index (χ3n) is 4.98. The molecule has 5 heteroatoms. The number of ether oxygens (including phenoxy) is 1. The Bertz CT molecular complexity index is 480. The van der Waals surface area contributed by atoms with Crippen LogP contribution < -0.4 is 5.32 Å². The molecule has 0 radical (unpaired) electrons. The smallest absolute Gasteiger partial charge is 0.223 e. The predicted octanol–water partition coefficient (Wildman–Crippen LogP) is 1.62. The van der Waals surface area contributed by atoms with Crippen molar-refractivity contribution in [3.05, 3.63) is 18.2 Å². The van der Waals surface area contributed by atoms with Crippen molar-refractivity contribution < 1.29 is 9.53 Å². The summed E-state index contributed by atoms with van der Waals surface area (Å²) in [7, 11) is 0. The van der Waals surface area contributed by atoms with Gasteiger partial charge in [-0.2, -0.15) is 0 Å². The maximum atomic E-state index is 12.3. The zero-order valence-corrected chi connectivity index (χ0v) is 12.8. The molecule has 1 saturated heterocycles. The Hall–Kier alpha value is -1.36. The van der Waals surface area contributed by atoms with Crippen molar-refractivity contribution in [1.82, 2.24) is 14.9 Å². The van der Waals surface area contributed by atoms with E-state index in [1.807, 2.05) is 12.4 Å². The van der Waals surface area contributed by atoms with Crippen molar-refractivity contribution in [1.29, 1.82) is 0 Å². The number of fused-ring (bicyclic) bond motifs is 1. The molecule has 2 atom stereocenters. The van der Waals surface area contributed by atoms with Crippen LogP contribution in [0.5, 0.6) is 0 Å². The molecule has 5 nitrogen and oxygen atoms in total. The van der Waals surface area contributed by atoms with Gasteiger partial charge in [-0.3, -0.25) is 4.79 Å². The Balaban J connectivity index is 1.45. The van der Waals surface area contributed by atoms with Crippen molar-refractivity contribution in [2.24, 2.45) is 17.8 Å². The summed E-state index contributed by atoms with van der Waals surface area (Å²) < 4.78 is 7.58. The van der Waals surface area contributed by atoms with Crippen LogP contribution in [-0.4, -0.2) is 35.2 Å². The number of aryl methyl sites for hydroxylation is 1. The summed E-state index contributed by atoms with van der Waals surface area (Å²) >= 11 is 0. The second-order valence-electron chi connectivity index (χ2n) is 6.38. The minimum absolute atomic E-state index is 0.0984. The number of aromatic nitrogens is 2. The van der Waals surface area contributed by atoms with Gasteiger partial charge in [0.1, 0.15) is 5.82 Å². The third kappa shape index (κ3) is 3.46. The molecule has 0 spiro atoms. The second-order valence-corrected chi connectivity index (χ2v) is 6.38. The monoisotopic (exact) mass is 291 g/mol. The van der Waals surface area contributed by atoms with E-state index in [1.54, 1.807) is 0 Å². The van der Waals surface area contributed by atoms with Crippen molar-refractivity contribution in [2.75, 3.05) is 19.8 Å². The molecule has 0 aliphatic carbocycles. The molecule has 21 heavy (non-hydrogen) atoms. The number of nitrogens with zero attached hydrogens (tertiary/aromatic N) is 2. The minimum Gasteiger partial charge on any atom is -0.381 e. The summed E-state index contributed by atoms with van der Waals surface area (Å²) in [4.78, 5) is 16.6. The molecule has 3 heterocycles. The van der Waals surface area contributed by atoms with Crippen molar-refractivity contribution in [3.8, 4) is 0 Å². The lowest BCUT2D eigenvalue weighted by atomic mass is 9.86. The first-order valence-electron chi connectivity index (χ1n) is 8.09. The molecule has 2 aliphatic rings. The van der Waals surface area contributed by atoms with Crippen LogP contribution in [0.2, 0.25) is 0 Å². The fraction of sp³-hybridized carbons (Fsp3) is 0.750. The molecule has 3 rings (SSSR count). The lowest BCUT2D eigenvalue weighted by molar-refractivity contribution is -0.127. The maximum absolute atomic E-state index is 12.3. The van der Waals surface area contributed by atoms with Gasteiger partial charge in [0.2, 0.25) is 5.91 Å². The van der Waals surface area contributed by atoms with E-state index in [2.05, 4.69) is 21.8 Å². The number of amides is 1.